The average Bonchev–Trinajstić information content (AvgIpc) is 3.43. The largest absolute Gasteiger partial charge is 0.497 e. The van der Waals surface area contributed by atoms with Gasteiger partial charge in [-0.05, 0) is 79.8 Å². The van der Waals surface area contributed by atoms with Crippen LogP contribution in [0.5, 0.6) is 17.2 Å². The van der Waals surface area contributed by atoms with Crippen LogP contribution in [0.25, 0.3) is 11.0 Å². The number of ether oxygens (including phenoxy) is 3. The van der Waals surface area contributed by atoms with Crippen molar-refractivity contribution in [2.24, 2.45) is 0 Å². The van der Waals surface area contributed by atoms with Gasteiger partial charge in [-0.25, -0.2) is 14.6 Å². The Bertz CT molecular complexity index is 1820. The molecule has 6 rings (SSSR count). The van der Waals surface area contributed by atoms with Crippen molar-refractivity contribution in [3.05, 3.63) is 95.8 Å². The van der Waals surface area contributed by atoms with Crippen LogP contribution < -0.4 is 20.1 Å². The van der Waals surface area contributed by atoms with E-state index in [1.807, 2.05) is 41.1 Å². The van der Waals surface area contributed by atoms with Crippen LogP contribution in [0.1, 0.15) is 47.2 Å². The third kappa shape index (κ3) is 6.87. The molecule has 1 saturated carbocycles. The van der Waals surface area contributed by atoms with Crippen molar-refractivity contribution in [1.29, 1.82) is 5.26 Å². The van der Waals surface area contributed by atoms with E-state index >= 15 is 0 Å². The number of aromatic nitrogens is 4. The summed E-state index contributed by atoms with van der Waals surface area (Å²) in [4.78, 5) is 21.6. The van der Waals surface area contributed by atoms with Crippen LogP contribution in [0.2, 0.25) is 0 Å². The maximum atomic E-state index is 12.8. The number of pyridine rings is 2. The highest BCUT2D eigenvalue weighted by atomic mass is 16.5. The fourth-order valence-electron chi connectivity index (χ4n) is 5.46. The Kier molecular flexibility index (Phi) is 8.84. The zero-order valence-electron chi connectivity index (χ0n) is 25.1. The molecule has 11 nitrogen and oxygen atoms in total. The molecule has 0 radical (unpaired) electrons. The summed E-state index contributed by atoms with van der Waals surface area (Å²) in [6.45, 7) is 0.519. The van der Waals surface area contributed by atoms with Gasteiger partial charge in [0.15, 0.2) is 11.5 Å². The van der Waals surface area contributed by atoms with E-state index in [0.717, 1.165) is 42.4 Å². The number of benzene rings is 2. The summed E-state index contributed by atoms with van der Waals surface area (Å²) < 4.78 is 19.2. The molecule has 0 saturated heterocycles. The molecule has 3 heterocycles. The Hall–Kier alpha value is -5.47. The molecule has 1 aliphatic carbocycles. The van der Waals surface area contributed by atoms with Crippen molar-refractivity contribution in [2.75, 3.05) is 24.9 Å². The minimum Gasteiger partial charge on any atom is -0.497 e. The minimum atomic E-state index is -0.343. The second-order valence-corrected chi connectivity index (χ2v) is 10.8. The number of fused-ring (bicyclic) bond motifs is 1. The molecule has 0 bridgehead atoms. The van der Waals surface area contributed by atoms with Gasteiger partial charge in [0.1, 0.15) is 28.5 Å². The van der Waals surface area contributed by atoms with E-state index in [0.29, 0.717) is 46.5 Å². The molecule has 1 aliphatic rings. The van der Waals surface area contributed by atoms with Crippen molar-refractivity contribution in [3.8, 4) is 23.3 Å². The number of carbonyl (C=O) groups is 1. The van der Waals surface area contributed by atoms with E-state index in [4.69, 9.17) is 29.6 Å². The van der Waals surface area contributed by atoms with Crippen molar-refractivity contribution in [3.63, 3.8) is 0 Å². The number of nitriles is 1. The fourth-order valence-corrected chi connectivity index (χ4v) is 5.46. The highest BCUT2D eigenvalue weighted by Crippen LogP contribution is 2.36. The lowest BCUT2D eigenvalue weighted by molar-refractivity contribution is 0.0681. The predicted octanol–water partition coefficient (Wildman–Crippen LogP) is 6.17. The molecule has 1 amide bonds. The molecular weight excluding hydrogens is 570 g/mol. The van der Waals surface area contributed by atoms with E-state index < -0.39 is 0 Å². The molecule has 0 aliphatic heterocycles. The summed E-state index contributed by atoms with van der Waals surface area (Å²) in [7, 11) is 3.42. The lowest BCUT2D eigenvalue weighted by Crippen LogP contribution is -2.29. The maximum absolute atomic E-state index is 12.8. The Labute approximate surface area is 260 Å². The van der Waals surface area contributed by atoms with Gasteiger partial charge in [-0.15, -0.1) is 0 Å². The smallest absolute Gasteiger partial charge is 0.256 e. The zero-order chi connectivity index (χ0) is 31.2. The first kappa shape index (κ1) is 29.6. The molecule has 2 N–H and O–H groups in total. The molecule has 3 aromatic heterocycles. The Morgan fingerprint density at radius 1 is 0.956 bits per heavy atom. The van der Waals surface area contributed by atoms with Crippen LogP contribution in [-0.2, 0) is 11.3 Å². The molecule has 228 valence electrons. The van der Waals surface area contributed by atoms with E-state index in [2.05, 4.69) is 15.6 Å². The van der Waals surface area contributed by atoms with Crippen LogP contribution in [0, 0.1) is 11.3 Å². The van der Waals surface area contributed by atoms with Crippen LogP contribution in [0.4, 0.5) is 11.6 Å². The summed E-state index contributed by atoms with van der Waals surface area (Å²) >= 11 is 0. The summed E-state index contributed by atoms with van der Waals surface area (Å²) in [5.74, 6) is 2.62. The first-order valence-corrected chi connectivity index (χ1v) is 14.8. The van der Waals surface area contributed by atoms with E-state index in [-0.39, 0.29) is 18.1 Å². The van der Waals surface area contributed by atoms with Gasteiger partial charge in [0.2, 0.25) is 0 Å². The van der Waals surface area contributed by atoms with Gasteiger partial charge in [-0.3, -0.25) is 4.79 Å². The summed E-state index contributed by atoms with van der Waals surface area (Å²) in [5.41, 5.74) is 2.59. The topological polar surface area (TPSA) is 136 Å². The molecule has 0 atom stereocenters. The summed E-state index contributed by atoms with van der Waals surface area (Å²) in [5, 5.41) is 21.3. The van der Waals surface area contributed by atoms with Gasteiger partial charge >= 0.3 is 0 Å². The van der Waals surface area contributed by atoms with Gasteiger partial charge in [0, 0.05) is 37.2 Å². The normalized spacial score (nSPS) is 16.1. The number of hydrogen-bond donors (Lipinski definition) is 2. The summed E-state index contributed by atoms with van der Waals surface area (Å²) in [6, 6.07) is 21.9. The summed E-state index contributed by atoms with van der Waals surface area (Å²) in [6.07, 6.45) is 7.40. The highest BCUT2D eigenvalue weighted by Gasteiger charge is 2.24. The number of nitrogens with one attached hydrogen (secondary N) is 2. The van der Waals surface area contributed by atoms with E-state index in [1.165, 1.54) is 12.3 Å². The Morgan fingerprint density at radius 2 is 1.69 bits per heavy atom. The standard InChI is InChI=1S/C34H33N7O4/c1-43-26-9-3-22(4-10-26)21-41-33-31(32(40-41)38-25-7-13-27(44-2)14-8-25)29(16-18-37-33)45-28-11-5-24(6-12-28)34(42)39-30-19-23(20-35)15-17-36-30/h3-6,9-12,15-19,25,27H,7-8,13-14,21H2,1-2H3,(H,38,40)(H,36,39,42). The number of methoxy groups -OCH3 is 2. The number of rotatable bonds is 10. The first-order valence-electron chi connectivity index (χ1n) is 14.8. The van der Waals surface area contributed by atoms with Crippen molar-refractivity contribution in [1.82, 2.24) is 19.7 Å². The molecule has 2 aromatic carbocycles. The van der Waals surface area contributed by atoms with Crippen LogP contribution in [0.15, 0.2) is 79.1 Å². The number of hydrogen-bond acceptors (Lipinski definition) is 9. The van der Waals surface area contributed by atoms with E-state index in [1.54, 1.807) is 50.7 Å². The molecular formula is C34H33N7O4. The van der Waals surface area contributed by atoms with Gasteiger partial charge in [-0.1, -0.05) is 12.1 Å². The SMILES string of the molecule is COc1ccc(Cn2nc(NC3CCC(OC)CC3)c3c(Oc4ccc(C(=O)Nc5cc(C#N)ccn5)cc4)ccnc32)cc1. The first-order chi connectivity index (χ1) is 22.0. The fraction of sp³-hybridized carbons (Fsp3) is 0.265. The van der Waals surface area contributed by atoms with Crippen LogP contribution in [-0.4, -0.2) is 52.0 Å². The number of nitrogens with zero attached hydrogens (tertiary/aromatic N) is 5. The Balaban J connectivity index is 1.26. The second kappa shape index (κ2) is 13.4. The molecule has 1 fully saturated rings. The maximum Gasteiger partial charge on any atom is 0.256 e. The van der Waals surface area contributed by atoms with E-state index in [9.17, 15) is 4.79 Å². The molecule has 0 unspecified atom stereocenters. The third-order valence-corrected chi connectivity index (χ3v) is 7.91. The third-order valence-electron chi connectivity index (χ3n) is 7.91. The number of amides is 1. The average molecular weight is 604 g/mol. The van der Waals surface area contributed by atoms with Gasteiger partial charge in [-0.2, -0.15) is 10.4 Å². The van der Waals surface area contributed by atoms with Gasteiger partial charge in [0.25, 0.3) is 5.91 Å². The predicted molar refractivity (Wildman–Crippen MR) is 170 cm³/mol. The lowest BCUT2D eigenvalue weighted by Gasteiger charge is -2.28. The highest BCUT2D eigenvalue weighted by molar-refractivity contribution is 6.03. The quantitative estimate of drug-likeness (QED) is 0.192. The van der Waals surface area contributed by atoms with Gasteiger partial charge in [0.05, 0.1) is 31.4 Å². The molecule has 0 spiro atoms. The zero-order valence-corrected chi connectivity index (χ0v) is 25.1. The molecule has 5 aromatic rings. The lowest BCUT2D eigenvalue weighted by atomic mass is 9.93. The molecule has 45 heavy (non-hydrogen) atoms. The Morgan fingerprint density at radius 3 is 2.40 bits per heavy atom. The molecule has 11 heteroatoms. The van der Waals surface area contributed by atoms with Crippen LogP contribution in [0.3, 0.4) is 0 Å². The number of anilines is 2. The van der Waals surface area contributed by atoms with Crippen molar-refractivity contribution in [2.45, 2.75) is 44.4 Å². The van der Waals surface area contributed by atoms with Crippen molar-refractivity contribution < 1.29 is 19.0 Å². The van der Waals surface area contributed by atoms with Gasteiger partial charge < -0.3 is 24.8 Å². The monoisotopic (exact) mass is 603 g/mol. The second-order valence-electron chi connectivity index (χ2n) is 10.8. The minimum absolute atomic E-state index is 0.248. The number of carbonyl (C=O) groups excluding carboxylic acids is 1. The van der Waals surface area contributed by atoms with Crippen LogP contribution >= 0.6 is 0 Å². The van der Waals surface area contributed by atoms with Crippen molar-refractivity contribution >= 4 is 28.6 Å².